The molecular formula is C11H16BrNO3S. The Morgan fingerprint density at radius 3 is 2.47 bits per heavy atom. The second kappa shape index (κ2) is 6.98. The number of anilines is 1. The van der Waals surface area contributed by atoms with Gasteiger partial charge in [-0.1, -0.05) is 28.1 Å². The number of benzene rings is 1. The molecule has 0 aromatic heterocycles. The van der Waals surface area contributed by atoms with Crippen LogP contribution in [0.5, 0.6) is 0 Å². The van der Waals surface area contributed by atoms with Gasteiger partial charge < -0.3 is 4.74 Å². The van der Waals surface area contributed by atoms with Crippen molar-refractivity contribution in [3.63, 3.8) is 0 Å². The molecule has 0 saturated heterocycles. The first-order valence-electron chi connectivity index (χ1n) is 5.30. The number of ether oxygens (including phenoxy) is 1. The van der Waals surface area contributed by atoms with Gasteiger partial charge in [-0.25, -0.2) is 8.42 Å². The molecule has 0 unspecified atom stereocenters. The van der Waals surface area contributed by atoms with Crippen LogP contribution in [0.25, 0.3) is 0 Å². The van der Waals surface area contributed by atoms with Gasteiger partial charge in [-0.3, -0.25) is 4.72 Å². The Bertz CT molecular complexity index is 431. The lowest BCUT2D eigenvalue weighted by Gasteiger charge is -2.08. The zero-order valence-electron chi connectivity index (χ0n) is 9.65. The summed E-state index contributed by atoms with van der Waals surface area (Å²) < 4.78 is 30.8. The van der Waals surface area contributed by atoms with Gasteiger partial charge in [0, 0.05) is 17.6 Å². The van der Waals surface area contributed by atoms with Crippen LogP contribution in [0.3, 0.4) is 0 Å². The van der Waals surface area contributed by atoms with Crippen molar-refractivity contribution < 1.29 is 13.2 Å². The minimum atomic E-state index is -3.31. The number of nitrogens with one attached hydrogen (secondary N) is 1. The largest absolute Gasteiger partial charge is 0.381 e. The highest BCUT2D eigenvalue weighted by Gasteiger charge is 2.09. The summed E-state index contributed by atoms with van der Waals surface area (Å²) in [5.74, 6) is -0.0268. The highest BCUT2D eigenvalue weighted by atomic mass is 79.9. The third-order valence-corrected chi connectivity index (χ3v) is 3.98. The maximum atomic E-state index is 11.6. The number of alkyl halides is 1. The van der Waals surface area contributed by atoms with Gasteiger partial charge in [-0.15, -0.1) is 0 Å². The molecule has 1 aromatic rings. The molecule has 1 rings (SSSR count). The molecule has 1 N–H and O–H groups in total. The molecule has 0 fully saturated rings. The molecule has 0 bridgehead atoms. The molecule has 0 aliphatic rings. The lowest BCUT2D eigenvalue weighted by molar-refractivity contribution is 0.163. The van der Waals surface area contributed by atoms with E-state index in [0.717, 1.165) is 10.9 Å². The molecule has 0 saturated carbocycles. The Kier molecular flexibility index (Phi) is 5.94. The lowest BCUT2D eigenvalue weighted by atomic mass is 10.2. The Labute approximate surface area is 111 Å². The van der Waals surface area contributed by atoms with E-state index in [1.807, 2.05) is 19.1 Å². The van der Waals surface area contributed by atoms with Crippen molar-refractivity contribution in [1.29, 1.82) is 0 Å². The van der Waals surface area contributed by atoms with Crippen LogP contribution in [-0.2, 0) is 20.1 Å². The molecule has 17 heavy (non-hydrogen) atoms. The monoisotopic (exact) mass is 321 g/mol. The molecule has 96 valence electrons. The van der Waals surface area contributed by atoms with E-state index in [1.165, 1.54) is 0 Å². The normalized spacial score (nSPS) is 11.4. The van der Waals surface area contributed by atoms with E-state index in [2.05, 4.69) is 20.7 Å². The van der Waals surface area contributed by atoms with Crippen LogP contribution < -0.4 is 4.72 Å². The number of hydrogen-bond donors (Lipinski definition) is 1. The van der Waals surface area contributed by atoms with E-state index in [0.29, 0.717) is 12.3 Å². The summed E-state index contributed by atoms with van der Waals surface area (Å²) >= 11 is 3.33. The van der Waals surface area contributed by atoms with Gasteiger partial charge in [0.25, 0.3) is 0 Å². The Morgan fingerprint density at radius 1 is 1.29 bits per heavy atom. The van der Waals surface area contributed by atoms with E-state index < -0.39 is 10.0 Å². The molecule has 0 aliphatic carbocycles. The second-order valence-electron chi connectivity index (χ2n) is 3.45. The average molecular weight is 322 g/mol. The Hall–Kier alpha value is -0.590. The predicted octanol–water partition coefficient (Wildman–Crippen LogP) is 2.36. The molecule has 0 atom stereocenters. The van der Waals surface area contributed by atoms with E-state index >= 15 is 0 Å². The lowest BCUT2D eigenvalue weighted by Crippen LogP contribution is -2.20. The van der Waals surface area contributed by atoms with Crippen LogP contribution in [0.4, 0.5) is 5.69 Å². The zero-order chi connectivity index (χ0) is 12.7. The molecule has 0 amide bonds. The molecule has 0 spiro atoms. The van der Waals surface area contributed by atoms with E-state index in [1.54, 1.807) is 12.1 Å². The third-order valence-electron chi connectivity index (χ3n) is 2.08. The highest BCUT2D eigenvalue weighted by molar-refractivity contribution is 9.08. The van der Waals surface area contributed by atoms with Gasteiger partial charge in [0.05, 0.1) is 12.4 Å². The fraction of sp³-hybridized carbons (Fsp3) is 0.455. The third kappa shape index (κ3) is 5.52. The molecule has 6 heteroatoms. The smallest absolute Gasteiger partial charge is 0.234 e. The first-order valence-corrected chi connectivity index (χ1v) is 8.08. The van der Waals surface area contributed by atoms with Crippen molar-refractivity contribution in [3.05, 3.63) is 29.8 Å². The number of hydrogen-bond acceptors (Lipinski definition) is 3. The van der Waals surface area contributed by atoms with Gasteiger partial charge in [0.2, 0.25) is 10.0 Å². The minimum absolute atomic E-state index is 0.0268. The predicted molar refractivity (Wildman–Crippen MR) is 73.0 cm³/mol. The van der Waals surface area contributed by atoms with Gasteiger partial charge in [-0.05, 0) is 24.6 Å². The molecule has 1 aromatic carbocycles. The average Bonchev–Trinajstić information content (AvgIpc) is 2.30. The van der Waals surface area contributed by atoms with Crippen LogP contribution in [0.1, 0.15) is 12.5 Å². The highest BCUT2D eigenvalue weighted by Crippen LogP contribution is 2.13. The Balaban J connectivity index is 2.56. The molecule has 4 nitrogen and oxygen atoms in total. The summed E-state index contributed by atoms with van der Waals surface area (Å²) in [5, 5.41) is 0.754. The molecule has 0 radical (unpaired) electrons. The molecule has 0 heterocycles. The van der Waals surface area contributed by atoms with Crippen molar-refractivity contribution in [1.82, 2.24) is 0 Å². The number of rotatable bonds is 7. The summed E-state index contributed by atoms with van der Waals surface area (Å²) in [6, 6.07) is 7.23. The van der Waals surface area contributed by atoms with Crippen LogP contribution >= 0.6 is 15.9 Å². The number of sulfonamides is 1. The summed E-state index contributed by atoms with van der Waals surface area (Å²) in [4.78, 5) is 0. The van der Waals surface area contributed by atoms with Crippen LogP contribution in [0.15, 0.2) is 24.3 Å². The summed E-state index contributed by atoms with van der Waals surface area (Å²) in [6.07, 6.45) is 0. The van der Waals surface area contributed by atoms with Gasteiger partial charge >= 0.3 is 0 Å². The van der Waals surface area contributed by atoms with Crippen molar-refractivity contribution >= 4 is 31.6 Å². The maximum absolute atomic E-state index is 11.6. The van der Waals surface area contributed by atoms with Crippen molar-refractivity contribution in [2.24, 2.45) is 0 Å². The maximum Gasteiger partial charge on any atom is 0.234 e. The standard InChI is InChI=1S/C11H16BrNO3S/c1-2-16-7-8-17(14,15)13-11-5-3-10(9-12)4-6-11/h3-6,13H,2,7-9H2,1H3. The fourth-order valence-corrected chi connectivity index (χ4v) is 2.51. The molecule has 0 aliphatic heterocycles. The van der Waals surface area contributed by atoms with Crippen molar-refractivity contribution in [2.45, 2.75) is 12.3 Å². The van der Waals surface area contributed by atoms with E-state index in [-0.39, 0.29) is 12.4 Å². The fourth-order valence-electron chi connectivity index (χ4n) is 1.21. The minimum Gasteiger partial charge on any atom is -0.381 e. The summed E-state index contributed by atoms with van der Waals surface area (Å²) in [6.45, 7) is 2.57. The van der Waals surface area contributed by atoms with Crippen LogP contribution in [-0.4, -0.2) is 27.4 Å². The Morgan fingerprint density at radius 2 is 1.94 bits per heavy atom. The topological polar surface area (TPSA) is 55.4 Å². The summed E-state index contributed by atoms with van der Waals surface area (Å²) in [7, 11) is -3.31. The number of halogens is 1. The van der Waals surface area contributed by atoms with Gasteiger partial charge in [-0.2, -0.15) is 0 Å². The van der Waals surface area contributed by atoms with Gasteiger partial charge in [0.1, 0.15) is 0 Å². The second-order valence-corrected chi connectivity index (χ2v) is 5.85. The van der Waals surface area contributed by atoms with Crippen molar-refractivity contribution in [2.75, 3.05) is 23.7 Å². The van der Waals surface area contributed by atoms with Crippen LogP contribution in [0.2, 0.25) is 0 Å². The van der Waals surface area contributed by atoms with Crippen LogP contribution in [0, 0.1) is 0 Å². The van der Waals surface area contributed by atoms with Crippen molar-refractivity contribution in [3.8, 4) is 0 Å². The van der Waals surface area contributed by atoms with Gasteiger partial charge in [0.15, 0.2) is 0 Å². The zero-order valence-corrected chi connectivity index (χ0v) is 12.1. The first kappa shape index (κ1) is 14.5. The summed E-state index contributed by atoms with van der Waals surface area (Å²) in [5.41, 5.74) is 1.67. The SMILES string of the molecule is CCOCCS(=O)(=O)Nc1ccc(CBr)cc1. The quantitative estimate of drug-likeness (QED) is 0.619. The van der Waals surface area contributed by atoms with E-state index in [9.17, 15) is 8.42 Å². The first-order chi connectivity index (χ1) is 8.07. The van der Waals surface area contributed by atoms with E-state index in [4.69, 9.17) is 4.74 Å². The molecular weight excluding hydrogens is 306 g/mol.